The van der Waals surface area contributed by atoms with E-state index in [4.69, 9.17) is 4.74 Å². The van der Waals surface area contributed by atoms with Gasteiger partial charge in [0.2, 0.25) is 0 Å². The van der Waals surface area contributed by atoms with Crippen LogP contribution in [0.3, 0.4) is 0 Å². The molecule has 0 spiro atoms. The number of nitrogens with zero attached hydrogens (tertiary/aromatic N) is 2. The van der Waals surface area contributed by atoms with Crippen LogP contribution in [-0.2, 0) is 4.74 Å². The first-order chi connectivity index (χ1) is 11.6. The Morgan fingerprint density at radius 2 is 2.00 bits per heavy atom. The number of aryl methyl sites for hydroxylation is 1. The highest BCUT2D eigenvalue weighted by Gasteiger charge is 2.28. The van der Waals surface area contributed by atoms with E-state index < -0.39 is 0 Å². The lowest BCUT2D eigenvalue weighted by molar-refractivity contribution is 0.00912. The Bertz CT molecular complexity index is 834. The van der Waals surface area contributed by atoms with Crippen molar-refractivity contribution in [2.45, 2.75) is 51.0 Å². The standard InChI is InChI=1S/C17H22N4O3.ClH/c1-10-15(17(23)24-12-3-2-4-12)16-19-14(22)9-13(21(16)20-10)11-5-7-18-8-6-11;/h9,11-12,18H,2-8H2,1H3,(H,19,22);1H. The molecule has 1 saturated carbocycles. The maximum atomic E-state index is 12.5. The van der Waals surface area contributed by atoms with Crippen molar-refractivity contribution in [2.75, 3.05) is 13.1 Å². The number of aromatic amines is 1. The number of piperidine rings is 1. The molecule has 2 fully saturated rings. The summed E-state index contributed by atoms with van der Waals surface area (Å²) in [5.41, 5.74) is 2.11. The molecule has 7 nitrogen and oxygen atoms in total. The summed E-state index contributed by atoms with van der Waals surface area (Å²) < 4.78 is 7.25. The summed E-state index contributed by atoms with van der Waals surface area (Å²) >= 11 is 0. The summed E-state index contributed by atoms with van der Waals surface area (Å²) in [4.78, 5) is 27.5. The average Bonchev–Trinajstić information content (AvgIpc) is 2.86. The second kappa shape index (κ2) is 7.17. The van der Waals surface area contributed by atoms with E-state index in [1.165, 1.54) is 0 Å². The summed E-state index contributed by atoms with van der Waals surface area (Å²) in [5.74, 6) is -0.115. The summed E-state index contributed by atoms with van der Waals surface area (Å²) in [6.07, 6.45) is 4.86. The smallest absolute Gasteiger partial charge is 0.344 e. The fraction of sp³-hybridized carbons (Fsp3) is 0.588. The van der Waals surface area contributed by atoms with Crippen molar-refractivity contribution in [1.29, 1.82) is 0 Å². The molecule has 0 atom stereocenters. The van der Waals surface area contributed by atoms with Gasteiger partial charge in [-0.15, -0.1) is 12.4 Å². The van der Waals surface area contributed by atoms with E-state index in [1.54, 1.807) is 17.5 Å². The van der Waals surface area contributed by atoms with Crippen LogP contribution >= 0.6 is 12.4 Å². The van der Waals surface area contributed by atoms with Crippen molar-refractivity contribution in [2.24, 2.45) is 0 Å². The normalized spacial score (nSPS) is 18.6. The molecule has 0 unspecified atom stereocenters. The van der Waals surface area contributed by atoms with Gasteiger partial charge in [-0.25, -0.2) is 9.31 Å². The highest BCUT2D eigenvalue weighted by Crippen LogP contribution is 2.27. The van der Waals surface area contributed by atoms with Crippen LogP contribution in [0.15, 0.2) is 10.9 Å². The van der Waals surface area contributed by atoms with Crippen molar-refractivity contribution in [3.05, 3.63) is 33.4 Å². The third-order valence-corrected chi connectivity index (χ3v) is 5.11. The Hall–Kier alpha value is -1.86. The Kier molecular flexibility index (Phi) is 5.15. The van der Waals surface area contributed by atoms with Gasteiger partial charge < -0.3 is 15.0 Å². The van der Waals surface area contributed by atoms with Crippen molar-refractivity contribution < 1.29 is 9.53 Å². The predicted molar refractivity (Wildman–Crippen MR) is 95.7 cm³/mol. The zero-order valence-corrected chi connectivity index (χ0v) is 15.0. The van der Waals surface area contributed by atoms with Crippen LogP contribution in [0.4, 0.5) is 0 Å². The number of nitrogens with one attached hydrogen (secondary N) is 2. The minimum absolute atomic E-state index is 0. The number of carbonyl (C=O) groups excluding carboxylic acids is 1. The van der Waals surface area contributed by atoms with Crippen molar-refractivity contribution in [3.8, 4) is 0 Å². The average molecular weight is 367 g/mol. The van der Waals surface area contributed by atoms with Gasteiger partial charge in [0.1, 0.15) is 11.7 Å². The van der Waals surface area contributed by atoms with Crippen LogP contribution < -0.4 is 10.9 Å². The first-order valence-electron chi connectivity index (χ1n) is 8.68. The number of H-pyrrole nitrogens is 1. The highest BCUT2D eigenvalue weighted by molar-refractivity contribution is 5.97. The number of rotatable bonds is 3. The van der Waals surface area contributed by atoms with Gasteiger partial charge in [-0.2, -0.15) is 5.10 Å². The summed E-state index contributed by atoms with van der Waals surface area (Å²) in [7, 11) is 0. The van der Waals surface area contributed by atoms with E-state index in [9.17, 15) is 9.59 Å². The molecule has 2 aromatic rings. The molecule has 0 amide bonds. The zero-order valence-electron chi connectivity index (χ0n) is 14.2. The van der Waals surface area contributed by atoms with E-state index >= 15 is 0 Å². The fourth-order valence-corrected chi connectivity index (χ4v) is 3.53. The first-order valence-corrected chi connectivity index (χ1v) is 8.68. The zero-order chi connectivity index (χ0) is 16.7. The number of halogens is 1. The Labute approximate surface area is 151 Å². The Morgan fingerprint density at radius 1 is 1.28 bits per heavy atom. The van der Waals surface area contributed by atoms with Crippen molar-refractivity contribution in [3.63, 3.8) is 0 Å². The molecule has 0 radical (unpaired) electrons. The minimum atomic E-state index is -0.384. The Morgan fingerprint density at radius 3 is 2.64 bits per heavy atom. The number of ether oxygens (including phenoxy) is 1. The van der Waals surface area contributed by atoms with E-state index in [2.05, 4.69) is 15.4 Å². The number of carbonyl (C=O) groups is 1. The SMILES string of the molecule is Cc1nn2c(C3CCNCC3)cc(=O)[nH]c2c1C(=O)OC1CCC1.Cl. The lowest BCUT2D eigenvalue weighted by atomic mass is 9.94. The second-order valence-corrected chi connectivity index (χ2v) is 6.76. The highest BCUT2D eigenvalue weighted by atomic mass is 35.5. The third kappa shape index (κ3) is 3.30. The van der Waals surface area contributed by atoms with Crippen molar-refractivity contribution in [1.82, 2.24) is 19.9 Å². The number of aromatic nitrogens is 3. The molecule has 8 heteroatoms. The number of fused-ring (bicyclic) bond motifs is 1. The molecule has 1 saturated heterocycles. The molecule has 2 aromatic heterocycles. The topological polar surface area (TPSA) is 88.5 Å². The van der Waals surface area contributed by atoms with E-state index in [-0.39, 0.29) is 36.0 Å². The van der Waals surface area contributed by atoms with Gasteiger partial charge in [0.05, 0.1) is 11.4 Å². The molecular weight excluding hydrogens is 344 g/mol. The van der Waals surface area contributed by atoms with Gasteiger partial charge in [0.25, 0.3) is 5.56 Å². The lowest BCUT2D eigenvalue weighted by Gasteiger charge is -2.25. The minimum Gasteiger partial charge on any atom is -0.459 e. The fourth-order valence-electron chi connectivity index (χ4n) is 3.53. The van der Waals surface area contributed by atoms with Crippen LogP contribution in [0.25, 0.3) is 5.65 Å². The van der Waals surface area contributed by atoms with Crippen LogP contribution in [-0.4, -0.2) is 39.8 Å². The van der Waals surface area contributed by atoms with Gasteiger partial charge in [-0.1, -0.05) is 0 Å². The molecule has 25 heavy (non-hydrogen) atoms. The molecule has 1 aliphatic heterocycles. The van der Waals surface area contributed by atoms with E-state index in [1.807, 2.05) is 0 Å². The molecule has 4 rings (SSSR count). The van der Waals surface area contributed by atoms with Gasteiger partial charge in [-0.05, 0) is 52.1 Å². The number of esters is 1. The molecule has 2 aliphatic rings. The summed E-state index contributed by atoms with van der Waals surface area (Å²) in [6, 6.07) is 1.61. The molecular formula is C17H23ClN4O3. The van der Waals surface area contributed by atoms with E-state index in [0.29, 0.717) is 16.9 Å². The summed E-state index contributed by atoms with van der Waals surface area (Å²) in [5, 5.41) is 7.85. The van der Waals surface area contributed by atoms with Crippen LogP contribution in [0.1, 0.15) is 59.8 Å². The number of hydrogen-bond acceptors (Lipinski definition) is 5. The maximum Gasteiger partial charge on any atom is 0.344 e. The monoisotopic (exact) mass is 366 g/mol. The van der Waals surface area contributed by atoms with Crippen LogP contribution in [0, 0.1) is 6.92 Å². The molecule has 0 aromatic carbocycles. The lowest BCUT2D eigenvalue weighted by Crippen LogP contribution is -2.29. The maximum absolute atomic E-state index is 12.5. The summed E-state index contributed by atoms with van der Waals surface area (Å²) in [6.45, 7) is 3.64. The first kappa shape index (κ1) is 17.9. The van der Waals surface area contributed by atoms with E-state index in [0.717, 1.165) is 50.9 Å². The molecule has 3 heterocycles. The van der Waals surface area contributed by atoms with Gasteiger partial charge in [0, 0.05) is 12.0 Å². The molecule has 0 bridgehead atoms. The molecule has 2 N–H and O–H groups in total. The molecule has 136 valence electrons. The second-order valence-electron chi connectivity index (χ2n) is 6.76. The number of hydrogen-bond donors (Lipinski definition) is 2. The van der Waals surface area contributed by atoms with Gasteiger partial charge in [-0.3, -0.25) is 4.79 Å². The van der Waals surface area contributed by atoms with Gasteiger partial charge >= 0.3 is 5.97 Å². The molecule has 1 aliphatic carbocycles. The van der Waals surface area contributed by atoms with Crippen LogP contribution in [0.5, 0.6) is 0 Å². The predicted octanol–water partition coefficient (Wildman–Crippen LogP) is 1.93. The van der Waals surface area contributed by atoms with Gasteiger partial charge in [0.15, 0.2) is 5.65 Å². The third-order valence-electron chi connectivity index (χ3n) is 5.11. The van der Waals surface area contributed by atoms with Crippen molar-refractivity contribution >= 4 is 24.0 Å². The largest absolute Gasteiger partial charge is 0.459 e. The van der Waals surface area contributed by atoms with Crippen LogP contribution in [0.2, 0.25) is 0 Å². The quantitative estimate of drug-likeness (QED) is 0.810. The Balaban J connectivity index is 0.00000182.